The molecular weight excluding hydrogens is 316 g/mol. The first kappa shape index (κ1) is 13.2. The van der Waals surface area contributed by atoms with Gasteiger partial charge in [-0.15, -0.1) is 11.3 Å². The van der Waals surface area contributed by atoms with Crippen LogP contribution in [0.1, 0.15) is 21.1 Å². The normalized spacial score (nSPS) is 10.6. The molecule has 0 saturated heterocycles. The third kappa shape index (κ3) is 2.59. The summed E-state index contributed by atoms with van der Waals surface area (Å²) in [4.78, 5) is 28.3. The lowest BCUT2D eigenvalue weighted by Crippen LogP contribution is -2.28. The van der Waals surface area contributed by atoms with Gasteiger partial charge in [-0.1, -0.05) is 0 Å². The number of halogens is 1. The van der Waals surface area contributed by atoms with Crippen LogP contribution in [-0.4, -0.2) is 15.3 Å². The Hall–Kier alpha value is -1.27. The van der Waals surface area contributed by atoms with Crippen LogP contribution in [-0.2, 0) is 6.54 Å². The van der Waals surface area contributed by atoms with E-state index < -0.39 is 0 Å². The van der Waals surface area contributed by atoms with E-state index in [1.807, 2.05) is 11.4 Å². The van der Waals surface area contributed by atoms with Crippen LogP contribution in [0.4, 0.5) is 0 Å². The van der Waals surface area contributed by atoms with E-state index in [1.54, 1.807) is 19.9 Å². The average molecular weight is 327 g/mol. The van der Waals surface area contributed by atoms with E-state index in [-0.39, 0.29) is 18.0 Å². The molecule has 2 aromatic rings. The Bertz CT molecular complexity index is 660. The molecule has 0 bridgehead atoms. The Kier molecular flexibility index (Phi) is 3.77. The highest BCUT2D eigenvalue weighted by Crippen LogP contribution is 2.23. The topological polar surface area (TPSA) is 52.0 Å². The summed E-state index contributed by atoms with van der Waals surface area (Å²) in [6.07, 6.45) is 0. The number of Topliss-reactive ketones (excluding diaryl/α,β-unsaturated/α-hetero) is 1. The first-order valence-electron chi connectivity index (χ1n) is 5.30. The van der Waals surface area contributed by atoms with Crippen LogP contribution in [0.15, 0.2) is 26.8 Å². The maximum absolute atomic E-state index is 12.1. The van der Waals surface area contributed by atoms with Crippen molar-refractivity contribution in [1.29, 1.82) is 0 Å². The zero-order valence-electron chi connectivity index (χ0n) is 9.94. The Morgan fingerprint density at radius 2 is 2.22 bits per heavy atom. The fraction of sp³-hybridized carbons (Fsp3) is 0.250. The largest absolute Gasteiger partial charge is 0.348 e. The first-order chi connectivity index (χ1) is 8.49. The zero-order chi connectivity index (χ0) is 13.3. The number of hydrogen-bond acceptors (Lipinski definition) is 4. The Morgan fingerprint density at radius 1 is 1.50 bits per heavy atom. The minimum absolute atomic E-state index is 0.0249. The van der Waals surface area contributed by atoms with E-state index in [1.165, 1.54) is 15.9 Å². The van der Waals surface area contributed by atoms with Crippen LogP contribution >= 0.6 is 27.3 Å². The predicted octanol–water partition coefficient (Wildman–Crippen LogP) is 2.57. The van der Waals surface area contributed by atoms with E-state index >= 15 is 0 Å². The van der Waals surface area contributed by atoms with Crippen LogP contribution in [0.25, 0.3) is 0 Å². The van der Waals surface area contributed by atoms with Gasteiger partial charge in [0.15, 0.2) is 5.78 Å². The summed E-state index contributed by atoms with van der Waals surface area (Å²) < 4.78 is 2.16. The van der Waals surface area contributed by atoms with Crippen LogP contribution in [0.3, 0.4) is 0 Å². The molecule has 0 fully saturated rings. The molecule has 0 amide bonds. The van der Waals surface area contributed by atoms with E-state index in [2.05, 4.69) is 20.9 Å². The van der Waals surface area contributed by atoms with Crippen LogP contribution in [0.5, 0.6) is 0 Å². The van der Waals surface area contributed by atoms with E-state index in [4.69, 9.17) is 0 Å². The maximum Gasteiger partial charge on any atom is 0.348 e. The number of thiophene rings is 1. The summed E-state index contributed by atoms with van der Waals surface area (Å²) in [7, 11) is 0. The molecule has 0 aliphatic carbocycles. The van der Waals surface area contributed by atoms with Gasteiger partial charge in [0.05, 0.1) is 11.4 Å². The predicted molar refractivity (Wildman–Crippen MR) is 74.3 cm³/mol. The summed E-state index contributed by atoms with van der Waals surface area (Å²) in [5.41, 5.74) is 1.03. The summed E-state index contributed by atoms with van der Waals surface area (Å²) in [6.45, 7) is 3.58. The van der Waals surface area contributed by atoms with E-state index in [0.29, 0.717) is 10.6 Å². The second kappa shape index (κ2) is 5.16. The van der Waals surface area contributed by atoms with Crippen molar-refractivity contribution in [1.82, 2.24) is 9.55 Å². The minimum Gasteiger partial charge on any atom is -0.291 e. The van der Waals surface area contributed by atoms with E-state index in [9.17, 15) is 9.59 Å². The lowest BCUT2D eigenvalue weighted by Gasteiger charge is -2.08. The van der Waals surface area contributed by atoms with Crippen molar-refractivity contribution in [3.63, 3.8) is 0 Å². The van der Waals surface area contributed by atoms with Crippen LogP contribution in [0, 0.1) is 13.8 Å². The van der Waals surface area contributed by atoms with Gasteiger partial charge in [0.2, 0.25) is 0 Å². The molecule has 94 valence electrons. The maximum atomic E-state index is 12.1. The molecule has 2 heterocycles. The van der Waals surface area contributed by atoms with Gasteiger partial charge in [0.25, 0.3) is 0 Å². The standard InChI is InChI=1S/C12H11BrN2O2S/c1-7-5-8(2)15(12(17)14-7)6-10(16)11-9(13)3-4-18-11/h3-5H,6H2,1-2H3. The van der Waals surface area contributed by atoms with Crippen LogP contribution in [0.2, 0.25) is 0 Å². The van der Waals surface area contributed by atoms with Crippen LogP contribution < -0.4 is 5.69 Å². The lowest BCUT2D eigenvalue weighted by molar-refractivity contribution is 0.0972. The second-order valence-electron chi connectivity index (χ2n) is 3.93. The second-order valence-corrected chi connectivity index (χ2v) is 5.70. The fourth-order valence-electron chi connectivity index (χ4n) is 1.68. The molecule has 18 heavy (non-hydrogen) atoms. The number of nitrogens with zero attached hydrogens (tertiary/aromatic N) is 2. The molecule has 0 unspecified atom stereocenters. The van der Waals surface area contributed by atoms with Gasteiger partial charge in [0, 0.05) is 15.9 Å². The number of rotatable bonds is 3. The highest BCUT2D eigenvalue weighted by atomic mass is 79.9. The Labute approximate surface area is 116 Å². The number of carbonyl (C=O) groups excluding carboxylic acids is 1. The lowest BCUT2D eigenvalue weighted by atomic mass is 10.3. The van der Waals surface area contributed by atoms with Gasteiger partial charge in [-0.2, -0.15) is 4.98 Å². The molecule has 4 nitrogen and oxygen atoms in total. The molecule has 2 rings (SSSR count). The third-order valence-electron chi connectivity index (χ3n) is 2.52. The smallest absolute Gasteiger partial charge is 0.291 e. The van der Waals surface area contributed by atoms with Gasteiger partial charge in [-0.3, -0.25) is 9.36 Å². The van der Waals surface area contributed by atoms with Gasteiger partial charge < -0.3 is 0 Å². The number of carbonyl (C=O) groups is 1. The summed E-state index contributed by atoms with van der Waals surface area (Å²) in [5, 5.41) is 1.83. The SMILES string of the molecule is Cc1cc(C)n(CC(=O)c2sccc2Br)c(=O)n1. The quantitative estimate of drug-likeness (QED) is 0.814. The molecule has 0 N–H and O–H groups in total. The first-order valence-corrected chi connectivity index (χ1v) is 6.97. The van der Waals surface area contributed by atoms with Crippen molar-refractivity contribution in [3.8, 4) is 0 Å². The molecule has 0 aromatic carbocycles. The Morgan fingerprint density at radius 3 is 2.78 bits per heavy atom. The molecule has 0 atom stereocenters. The number of aryl methyl sites for hydroxylation is 2. The van der Waals surface area contributed by atoms with Gasteiger partial charge in [0.1, 0.15) is 0 Å². The molecule has 0 aliphatic rings. The summed E-state index contributed by atoms with van der Waals surface area (Å²) in [6, 6.07) is 3.61. The van der Waals surface area contributed by atoms with Crippen molar-refractivity contribution in [2.24, 2.45) is 0 Å². The van der Waals surface area contributed by atoms with Crippen molar-refractivity contribution in [2.75, 3.05) is 0 Å². The van der Waals surface area contributed by atoms with Crippen molar-refractivity contribution >= 4 is 33.0 Å². The van der Waals surface area contributed by atoms with Crippen molar-refractivity contribution in [3.05, 3.63) is 48.7 Å². The molecular formula is C12H11BrN2O2S. The average Bonchev–Trinajstić information content (AvgIpc) is 2.69. The molecule has 0 aliphatic heterocycles. The summed E-state index contributed by atoms with van der Waals surface area (Å²) in [5.74, 6) is -0.0901. The van der Waals surface area contributed by atoms with Gasteiger partial charge in [-0.05, 0) is 47.3 Å². The third-order valence-corrected chi connectivity index (χ3v) is 4.40. The number of ketones is 1. The number of aromatic nitrogens is 2. The van der Waals surface area contributed by atoms with Gasteiger partial charge >= 0.3 is 5.69 Å². The molecule has 0 spiro atoms. The zero-order valence-corrected chi connectivity index (χ0v) is 12.3. The van der Waals surface area contributed by atoms with Gasteiger partial charge in [-0.25, -0.2) is 4.79 Å². The highest BCUT2D eigenvalue weighted by Gasteiger charge is 2.14. The van der Waals surface area contributed by atoms with E-state index in [0.717, 1.165) is 10.2 Å². The Balaban J connectivity index is 2.34. The highest BCUT2D eigenvalue weighted by molar-refractivity contribution is 9.10. The molecule has 6 heteroatoms. The van der Waals surface area contributed by atoms with Crippen molar-refractivity contribution in [2.45, 2.75) is 20.4 Å². The number of hydrogen-bond donors (Lipinski definition) is 0. The fourth-order valence-corrected chi connectivity index (χ4v) is 3.20. The van der Waals surface area contributed by atoms with Crippen molar-refractivity contribution < 1.29 is 4.79 Å². The monoisotopic (exact) mass is 326 g/mol. The molecule has 2 aromatic heterocycles. The molecule has 0 saturated carbocycles. The molecule has 0 radical (unpaired) electrons. The minimum atomic E-state index is -0.381. The summed E-state index contributed by atoms with van der Waals surface area (Å²) >= 11 is 4.68.